The molecule has 3 aromatic rings. The fourth-order valence-electron chi connectivity index (χ4n) is 2.97. The summed E-state index contributed by atoms with van der Waals surface area (Å²) in [6.07, 6.45) is 0.163. The van der Waals surface area contributed by atoms with Gasteiger partial charge >= 0.3 is 0 Å². The maximum atomic E-state index is 11.6. The van der Waals surface area contributed by atoms with Crippen LogP contribution in [0.2, 0.25) is 0 Å². The molecule has 29 heavy (non-hydrogen) atoms. The summed E-state index contributed by atoms with van der Waals surface area (Å²) in [6.45, 7) is 2.31. The highest BCUT2D eigenvalue weighted by Gasteiger charge is 2.16. The van der Waals surface area contributed by atoms with Gasteiger partial charge in [-0.25, -0.2) is 0 Å². The minimum absolute atomic E-state index is 0.0288. The van der Waals surface area contributed by atoms with E-state index in [1.54, 1.807) is 0 Å². The zero-order chi connectivity index (χ0) is 20.5. The van der Waals surface area contributed by atoms with E-state index < -0.39 is 5.92 Å². The summed E-state index contributed by atoms with van der Waals surface area (Å²) in [5.74, 6) is 0.655. The molecule has 0 aromatic heterocycles. The first-order valence-corrected chi connectivity index (χ1v) is 9.51. The summed E-state index contributed by atoms with van der Waals surface area (Å²) >= 11 is 0. The monoisotopic (exact) mass is 385 g/mol. The first-order chi connectivity index (χ1) is 14.1. The molecule has 1 unspecified atom stereocenters. The van der Waals surface area contributed by atoms with Crippen molar-refractivity contribution in [2.24, 2.45) is 0 Å². The number of Topliss-reactive ketones (excluding diaryl/α,β-unsaturated/α-hetero) is 1. The average Bonchev–Trinajstić information content (AvgIpc) is 2.76. The second-order valence-corrected chi connectivity index (χ2v) is 6.87. The van der Waals surface area contributed by atoms with Crippen molar-refractivity contribution in [2.45, 2.75) is 32.5 Å². The lowest BCUT2D eigenvalue weighted by Crippen LogP contribution is -2.04. The average molecular weight is 385 g/mol. The van der Waals surface area contributed by atoms with E-state index in [-0.39, 0.29) is 12.2 Å². The lowest BCUT2D eigenvalue weighted by molar-refractivity contribution is -0.117. The van der Waals surface area contributed by atoms with Gasteiger partial charge in [-0.15, -0.1) is 0 Å². The Labute approximate surface area is 171 Å². The van der Waals surface area contributed by atoms with E-state index in [1.165, 1.54) is 6.92 Å². The molecule has 4 heteroatoms. The maximum Gasteiger partial charge on any atom is 0.131 e. The Kier molecular flexibility index (Phi) is 7.02. The molecule has 0 spiro atoms. The lowest BCUT2D eigenvalue weighted by atomic mass is 9.95. The van der Waals surface area contributed by atoms with Crippen molar-refractivity contribution >= 4 is 5.78 Å². The molecule has 1 atom stereocenters. The highest BCUT2D eigenvalue weighted by Crippen LogP contribution is 2.30. The molecule has 0 aliphatic rings. The number of nitrogens with zero attached hydrogens (tertiary/aromatic N) is 1. The molecule has 0 heterocycles. The first kappa shape index (κ1) is 20.2. The summed E-state index contributed by atoms with van der Waals surface area (Å²) in [5.41, 5.74) is 2.81. The van der Waals surface area contributed by atoms with Crippen LogP contribution in [0.5, 0.6) is 11.5 Å². The molecule has 0 amide bonds. The molecule has 3 aromatic carbocycles. The van der Waals surface area contributed by atoms with Crippen molar-refractivity contribution in [3.63, 3.8) is 0 Å². The molecule has 0 fully saturated rings. The van der Waals surface area contributed by atoms with Gasteiger partial charge in [-0.1, -0.05) is 60.7 Å². The molecule has 0 N–H and O–H groups in total. The fraction of sp³-hybridized carbons (Fsp3) is 0.200. The predicted octanol–water partition coefficient (Wildman–Crippen LogP) is 5.43. The summed E-state index contributed by atoms with van der Waals surface area (Å²) in [5, 5.41) is 9.54. The van der Waals surface area contributed by atoms with Crippen molar-refractivity contribution < 1.29 is 14.3 Å². The van der Waals surface area contributed by atoms with Crippen molar-refractivity contribution in [1.29, 1.82) is 5.26 Å². The van der Waals surface area contributed by atoms with Gasteiger partial charge in [-0.05, 0) is 35.7 Å². The van der Waals surface area contributed by atoms with E-state index >= 15 is 0 Å². The third kappa shape index (κ3) is 6.22. The van der Waals surface area contributed by atoms with Crippen LogP contribution in [-0.4, -0.2) is 5.78 Å². The Hall–Kier alpha value is -3.58. The molecular weight excluding hydrogens is 362 g/mol. The molecule has 0 aliphatic heterocycles. The standard InChI is InChI=1S/C25H23NO3/c1-19(27)12-23(16-26)22-13-24(28-17-20-8-4-2-5-9-20)15-25(14-22)29-18-21-10-6-3-7-11-21/h2-11,13-15,23H,12,17-18H2,1H3. The number of ether oxygens (including phenoxy) is 2. The molecule has 146 valence electrons. The number of carbonyl (C=O) groups is 1. The molecule has 0 saturated heterocycles. The van der Waals surface area contributed by atoms with Crippen LogP contribution in [0.4, 0.5) is 0 Å². The topological polar surface area (TPSA) is 59.3 Å². The number of rotatable bonds is 9. The van der Waals surface area contributed by atoms with Crippen molar-refractivity contribution in [1.82, 2.24) is 0 Å². The van der Waals surface area contributed by atoms with Crippen LogP contribution in [0.15, 0.2) is 78.9 Å². The predicted molar refractivity (Wildman–Crippen MR) is 112 cm³/mol. The smallest absolute Gasteiger partial charge is 0.131 e. The van der Waals surface area contributed by atoms with Crippen LogP contribution >= 0.6 is 0 Å². The Morgan fingerprint density at radius 3 is 1.76 bits per heavy atom. The number of hydrogen-bond donors (Lipinski definition) is 0. The molecule has 0 aliphatic carbocycles. The molecular formula is C25H23NO3. The summed E-state index contributed by atoms with van der Waals surface area (Å²) in [4.78, 5) is 11.6. The first-order valence-electron chi connectivity index (χ1n) is 9.51. The third-order valence-electron chi connectivity index (χ3n) is 4.45. The van der Waals surface area contributed by atoms with Crippen LogP contribution in [0.25, 0.3) is 0 Å². The van der Waals surface area contributed by atoms with E-state index in [2.05, 4.69) is 6.07 Å². The van der Waals surface area contributed by atoms with E-state index in [1.807, 2.05) is 78.9 Å². The van der Waals surface area contributed by atoms with Crippen LogP contribution < -0.4 is 9.47 Å². The van der Waals surface area contributed by atoms with Gasteiger partial charge in [0.1, 0.15) is 30.5 Å². The van der Waals surface area contributed by atoms with Crippen LogP contribution in [-0.2, 0) is 18.0 Å². The molecule has 3 rings (SSSR count). The van der Waals surface area contributed by atoms with Crippen LogP contribution in [0.3, 0.4) is 0 Å². The van der Waals surface area contributed by atoms with Gasteiger partial charge in [-0.2, -0.15) is 5.26 Å². The minimum Gasteiger partial charge on any atom is -0.489 e. The molecule has 4 nitrogen and oxygen atoms in total. The van der Waals surface area contributed by atoms with E-state index in [0.29, 0.717) is 24.7 Å². The Bertz CT molecular complexity index is 916. The quantitative estimate of drug-likeness (QED) is 0.493. The lowest BCUT2D eigenvalue weighted by Gasteiger charge is -2.15. The number of hydrogen-bond acceptors (Lipinski definition) is 4. The summed E-state index contributed by atoms with van der Waals surface area (Å²) < 4.78 is 11.9. The third-order valence-corrected chi connectivity index (χ3v) is 4.45. The second-order valence-electron chi connectivity index (χ2n) is 6.87. The fourth-order valence-corrected chi connectivity index (χ4v) is 2.97. The molecule has 0 bridgehead atoms. The zero-order valence-corrected chi connectivity index (χ0v) is 16.4. The minimum atomic E-state index is -0.535. The largest absolute Gasteiger partial charge is 0.489 e. The normalized spacial score (nSPS) is 11.3. The highest BCUT2D eigenvalue weighted by atomic mass is 16.5. The van der Waals surface area contributed by atoms with E-state index in [0.717, 1.165) is 16.7 Å². The molecule has 0 saturated carbocycles. The highest BCUT2D eigenvalue weighted by molar-refractivity contribution is 5.77. The van der Waals surface area contributed by atoms with Crippen molar-refractivity contribution in [2.75, 3.05) is 0 Å². The Morgan fingerprint density at radius 1 is 0.862 bits per heavy atom. The summed E-state index contributed by atoms with van der Waals surface area (Å²) in [6, 6.07) is 27.4. The number of ketones is 1. The van der Waals surface area contributed by atoms with Gasteiger partial charge in [0.15, 0.2) is 0 Å². The SMILES string of the molecule is CC(=O)CC(C#N)c1cc(OCc2ccccc2)cc(OCc2ccccc2)c1. The number of benzene rings is 3. The molecule has 0 radical (unpaired) electrons. The second kappa shape index (κ2) is 10.1. The van der Waals surface area contributed by atoms with Crippen molar-refractivity contribution in [3.8, 4) is 17.6 Å². The Morgan fingerprint density at radius 2 is 1.34 bits per heavy atom. The zero-order valence-electron chi connectivity index (χ0n) is 16.4. The van der Waals surface area contributed by atoms with Crippen LogP contribution in [0, 0.1) is 11.3 Å². The van der Waals surface area contributed by atoms with Gasteiger partial charge < -0.3 is 9.47 Å². The summed E-state index contributed by atoms with van der Waals surface area (Å²) in [7, 11) is 0. The number of nitriles is 1. The van der Waals surface area contributed by atoms with Gasteiger partial charge in [0, 0.05) is 12.5 Å². The van der Waals surface area contributed by atoms with Gasteiger partial charge in [0.2, 0.25) is 0 Å². The van der Waals surface area contributed by atoms with Gasteiger partial charge in [0.05, 0.1) is 12.0 Å². The van der Waals surface area contributed by atoms with Crippen molar-refractivity contribution in [3.05, 3.63) is 95.6 Å². The van der Waals surface area contributed by atoms with E-state index in [4.69, 9.17) is 9.47 Å². The number of carbonyl (C=O) groups excluding carboxylic acids is 1. The maximum absolute atomic E-state index is 11.6. The van der Waals surface area contributed by atoms with Gasteiger partial charge in [-0.3, -0.25) is 4.79 Å². The van der Waals surface area contributed by atoms with E-state index in [9.17, 15) is 10.1 Å². The van der Waals surface area contributed by atoms with Crippen LogP contribution in [0.1, 0.15) is 36.0 Å². The van der Waals surface area contributed by atoms with Gasteiger partial charge in [0.25, 0.3) is 0 Å². The Balaban J connectivity index is 1.82.